The van der Waals surface area contributed by atoms with Crippen LogP contribution in [0.1, 0.15) is 66.7 Å². The van der Waals surface area contributed by atoms with E-state index in [1.54, 1.807) is 6.42 Å². The molecule has 4 atom stereocenters. The Morgan fingerprint density at radius 1 is 1.27 bits per heavy atom. The smallest absolute Gasteiger partial charge is 0.0227 e. The standard InChI is InChI=1S/C15H28/c1-6-8-14(7-2)12(5)15(9-11(3)4)10-13(14)15/h11-13H,6-10H2,1-5H3. The normalized spacial score (nSPS) is 47.6. The van der Waals surface area contributed by atoms with E-state index in [1.165, 1.54) is 25.7 Å². The predicted octanol–water partition coefficient (Wildman–Crippen LogP) is 4.89. The van der Waals surface area contributed by atoms with E-state index in [0.29, 0.717) is 0 Å². The lowest BCUT2D eigenvalue weighted by atomic mass is 9.50. The van der Waals surface area contributed by atoms with Gasteiger partial charge in [0, 0.05) is 0 Å². The molecule has 88 valence electrons. The maximum absolute atomic E-state index is 2.55. The van der Waals surface area contributed by atoms with E-state index >= 15 is 0 Å². The van der Waals surface area contributed by atoms with Gasteiger partial charge in [0.1, 0.15) is 0 Å². The first-order chi connectivity index (χ1) is 7.03. The van der Waals surface area contributed by atoms with Crippen molar-refractivity contribution in [2.75, 3.05) is 0 Å². The Morgan fingerprint density at radius 3 is 2.33 bits per heavy atom. The Balaban J connectivity index is 2.05. The van der Waals surface area contributed by atoms with Crippen LogP contribution in [0.2, 0.25) is 0 Å². The fraction of sp³-hybridized carbons (Fsp3) is 1.00. The lowest BCUT2D eigenvalue weighted by molar-refractivity contribution is -0.0621. The monoisotopic (exact) mass is 208 g/mol. The Kier molecular flexibility index (Phi) is 2.68. The van der Waals surface area contributed by atoms with E-state index in [9.17, 15) is 0 Å². The molecule has 2 fully saturated rings. The van der Waals surface area contributed by atoms with Crippen molar-refractivity contribution in [2.24, 2.45) is 28.6 Å². The molecule has 2 aliphatic rings. The Labute approximate surface area is 95.8 Å². The number of hydrogen-bond donors (Lipinski definition) is 0. The highest BCUT2D eigenvalue weighted by Gasteiger charge is 2.76. The van der Waals surface area contributed by atoms with Crippen LogP contribution in [0.5, 0.6) is 0 Å². The second kappa shape index (κ2) is 3.50. The van der Waals surface area contributed by atoms with Crippen LogP contribution >= 0.6 is 0 Å². The summed E-state index contributed by atoms with van der Waals surface area (Å²) in [4.78, 5) is 0. The van der Waals surface area contributed by atoms with Gasteiger partial charge in [0.05, 0.1) is 0 Å². The van der Waals surface area contributed by atoms with Crippen LogP contribution in [0.3, 0.4) is 0 Å². The minimum atomic E-state index is 0.754. The fourth-order valence-corrected chi connectivity index (χ4v) is 5.10. The average Bonchev–Trinajstić information content (AvgIpc) is 2.85. The van der Waals surface area contributed by atoms with Crippen LogP contribution < -0.4 is 0 Å². The molecule has 2 rings (SSSR count). The van der Waals surface area contributed by atoms with Crippen LogP contribution in [-0.2, 0) is 0 Å². The van der Waals surface area contributed by atoms with Gasteiger partial charge in [0.2, 0.25) is 0 Å². The molecule has 4 unspecified atom stereocenters. The van der Waals surface area contributed by atoms with Crippen molar-refractivity contribution >= 4 is 0 Å². The zero-order valence-corrected chi connectivity index (χ0v) is 11.3. The van der Waals surface area contributed by atoms with Crippen LogP contribution in [0.4, 0.5) is 0 Å². The van der Waals surface area contributed by atoms with Gasteiger partial charge in [-0.3, -0.25) is 0 Å². The van der Waals surface area contributed by atoms with E-state index in [0.717, 1.165) is 28.6 Å². The van der Waals surface area contributed by atoms with Gasteiger partial charge in [-0.15, -0.1) is 0 Å². The Bertz CT molecular complexity index is 242. The highest BCUT2D eigenvalue weighted by atomic mass is 14.8. The molecule has 0 nitrogen and oxygen atoms in total. The van der Waals surface area contributed by atoms with Gasteiger partial charge in [0.15, 0.2) is 0 Å². The summed E-state index contributed by atoms with van der Waals surface area (Å²) in [5.74, 6) is 3.00. The molecule has 0 aromatic carbocycles. The van der Waals surface area contributed by atoms with E-state index < -0.39 is 0 Å². The lowest BCUT2D eigenvalue weighted by Gasteiger charge is -2.54. The summed E-state index contributed by atoms with van der Waals surface area (Å²) in [5, 5.41) is 0. The largest absolute Gasteiger partial charge is 0.0654 e. The zero-order chi connectivity index (χ0) is 11.3. The first-order valence-electron chi connectivity index (χ1n) is 7.03. The highest BCUT2D eigenvalue weighted by Crippen LogP contribution is 2.83. The van der Waals surface area contributed by atoms with E-state index in [2.05, 4.69) is 34.6 Å². The van der Waals surface area contributed by atoms with Gasteiger partial charge in [0.25, 0.3) is 0 Å². The van der Waals surface area contributed by atoms with Crippen molar-refractivity contribution < 1.29 is 0 Å². The van der Waals surface area contributed by atoms with Gasteiger partial charge in [-0.25, -0.2) is 0 Å². The SMILES string of the molecule is CCCC1(CC)C(C)C2(CC(C)C)CC12. The second-order valence-corrected chi connectivity index (χ2v) is 6.65. The third-order valence-electron chi connectivity index (χ3n) is 5.70. The summed E-state index contributed by atoms with van der Waals surface area (Å²) in [5.41, 5.74) is 1.56. The Morgan fingerprint density at radius 2 is 1.93 bits per heavy atom. The molecule has 0 aromatic rings. The van der Waals surface area contributed by atoms with E-state index in [1.807, 2.05) is 0 Å². The number of hydrogen-bond acceptors (Lipinski definition) is 0. The number of fused-ring (bicyclic) bond motifs is 1. The highest BCUT2D eigenvalue weighted by molar-refractivity contribution is 5.25. The summed E-state index contributed by atoms with van der Waals surface area (Å²) >= 11 is 0. The maximum atomic E-state index is 2.55. The Hall–Kier alpha value is 0. The molecular weight excluding hydrogens is 180 g/mol. The van der Waals surface area contributed by atoms with Gasteiger partial charge >= 0.3 is 0 Å². The quantitative estimate of drug-likeness (QED) is 0.604. The molecule has 0 heterocycles. The van der Waals surface area contributed by atoms with Gasteiger partial charge < -0.3 is 0 Å². The average molecular weight is 208 g/mol. The van der Waals surface area contributed by atoms with E-state index in [-0.39, 0.29) is 0 Å². The maximum Gasteiger partial charge on any atom is -0.0227 e. The summed E-state index contributed by atoms with van der Waals surface area (Å²) in [7, 11) is 0. The molecule has 0 saturated heterocycles. The molecule has 15 heavy (non-hydrogen) atoms. The topological polar surface area (TPSA) is 0 Å². The van der Waals surface area contributed by atoms with Crippen molar-refractivity contribution in [1.29, 1.82) is 0 Å². The summed E-state index contributed by atoms with van der Waals surface area (Å²) < 4.78 is 0. The molecule has 2 aliphatic carbocycles. The zero-order valence-electron chi connectivity index (χ0n) is 11.3. The van der Waals surface area contributed by atoms with E-state index in [4.69, 9.17) is 0 Å². The number of rotatable bonds is 5. The lowest BCUT2D eigenvalue weighted by Crippen LogP contribution is -2.48. The molecule has 0 radical (unpaired) electrons. The molecular formula is C15H28. The van der Waals surface area contributed by atoms with Crippen LogP contribution in [0.25, 0.3) is 0 Å². The molecule has 0 bridgehead atoms. The predicted molar refractivity (Wildman–Crippen MR) is 66.8 cm³/mol. The second-order valence-electron chi connectivity index (χ2n) is 6.65. The van der Waals surface area contributed by atoms with Crippen LogP contribution in [0.15, 0.2) is 0 Å². The third-order valence-corrected chi connectivity index (χ3v) is 5.70. The summed E-state index contributed by atoms with van der Waals surface area (Å²) in [6, 6.07) is 0. The summed E-state index contributed by atoms with van der Waals surface area (Å²) in [6.07, 6.45) is 7.33. The minimum absolute atomic E-state index is 0.754. The molecule has 0 N–H and O–H groups in total. The molecule has 0 heteroatoms. The van der Waals surface area contributed by atoms with Crippen molar-refractivity contribution in [3.8, 4) is 0 Å². The van der Waals surface area contributed by atoms with Gasteiger partial charge in [-0.2, -0.15) is 0 Å². The molecule has 0 aromatic heterocycles. The van der Waals surface area contributed by atoms with Crippen LogP contribution in [-0.4, -0.2) is 0 Å². The molecule has 2 saturated carbocycles. The van der Waals surface area contributed by atoms with Crippen molar-refractivity contribution in [2.45, 2.75) is 66.7 Å². The van der Waals surface area contributed by atoms with Crippen molar-refractivity contribution in [3.05, 3.63) is 0 Å². The third kappa shape index (κ3) is 1.33. The van der Waals surface area contributed by atoms with Gasteiger partial charge in [-0.05, 0) is 54.3 Å². The first kappa shape index (κ1) is 11.5. The molecule has 0 spiro atoms. The van der Waals surface area contributed by atoms with Crippen LogP contribution in [0, 0.1) is 28.6 Å². The summed E-state index contributed by atoms with van der Waals surface area (Å²) in [6.45, 7) is 12.1. The molecule has 0 aliphatic heterocycles. The molecule has 0 amide bonds. The minimum Gasteiger partial charge on any atom is -0.0654 e. The first-order valence-corrected chi connectivity index (χ1v) is 7.03. The van der Waals surface area contributed by atoms with Crippen molar-refractivity contribution in [3.63, 3.8) is 0 Å². The fourth-order valence-electron chi connectivity index (χ4n) is 5.10. The van der Waals surface area contributed by atoms with Crippen molar-refractivity contribution in [1.82, 2.24) is 0 Å². The van der Waals surface area contributed by atoms with Gasteiger partial charge in [-0.1, -0.05) is 41.0 Å².